The van der Waals surface area contributed by atoms with Crippen molar-refractivity contribution < 1.29 is 4.79 Å². The van der Waals surface area contributed by atoms with Gasteiger partial charge in [-0.1, -0.05) is 26.7 Å². The number of hydrogen-bond acceptors (Lipinski definition) is 2. The maximum Gasteiger partial charge on any atom is 0.220 e. The molecular weight excluding hydrogens is 224 g/mol. The van der Waals surface area contributed by atoms with E-state index in [1.807, 2.05) is 0 Å². The largest absolute Gasteiger partial charge is 0.356 e. The van der Waals surface area contributed by atoms with Crippen molar-refractivity contribution in [1.29, 1.82) is 0 Å². The van der Waals surface area contributed by atoms with Crippen LogP contribution in [0.4, 0.5) is 0 Å². The summed E-state index contributed by atoms with van der Waals surface area (Å²) in [5, 5.41) is 3.12. The van der Waals surface area contributed by atoms with Gasteiger partial charge in [-0.05, 0) is 50.0 Å². The average Bonchev–Trinajstić information content (AvgIpc) is 3.06. The smallest absolute Gasteiger partial charge is 0.220 e. The molecule has 0 spiro atoms. The molecule has 3 nitrogen and oxygen atoms in total. The van der Waals surface area contributed by atoms with Gasteiger partial charge >= 0.3 is 0 Å². The molecular formula is C15H30N2O. The minimum atomic E-state index is 0.234. The molecule has 0 aromatic carbocycles. The Bertz CT molecular complexity index is 247. The fourth-order valence-corrected chi connectivity index (χ4v) is 2.65. The maximum atomic E-state index is 11.7. The van der Waals surface area contributed by atoms with Crippen LogP contribution in [-0.4, -0.2) is 19.0 Å². The van der Waals surface area contributed by atoms with Crippen molar-refractivity contribution in [2.24, 2.45) is 17.1 Å². The van der Waals surface area contributed by atoms with Gasteiger partial charge in [-0.2, -0.15) is 0 Å². The van der Waals surface area contributed by atoms with Crippen molar-refractivity contribution in [2.45, 2.75) is 65.2 Å². The first-order valence-corrected chi connectivity index (χ1v) is 7.55. The molecule has 1 fully saturated rings. The number of hydrogen-bond donors (Lipinski definition) is 2. The van der Waals surface area contributed by atoms with Crippen molar-refractivity contribution in [3.8, 4) is 0 Å². The first-order valence-electron chi connectivity index (χ1n) is 7.55. The molecule has 18 heavy (non-hydrogen) atoms. The van der Waals surface area contributed by atoms with Crippen molar-refractivity contribution in [1.82, 2.24) is 5.32 Å². The molecule has 1 aliphatic carbocycles. The molecule has 0 atom stereocenters. The van der Waals surface area contributed by atoms with Crippen LogP contribution in [-0.2, 0) is 4.79 Å². The van der Waals surface area contributed by atoms with Crippen molar-refractivity contribution in [3.05, 3.63) is 0 Å². The summed E-state index contributed by atoms with van der Waals surface area (Å²) < 4.78 is 0. The molecule has 1 saturated carbocycles. The Balaban J connectivity index is 2.03. The first kappa shape index (κ1) is 15.5. The summed E-state index contributed by atoms with van der Waals surface area (Å²) in [6, 6.07) is 0. The summed E-state index contributed by atoms with van der Waals surface area (Å²) in [5.41, 5.74) is 5.88. The molecule has 0 saturated heterocycles. The van der Waals surface area contributed by atoms with Crippen LogP contribution in [0, 0.1) is 11.3 Å². The molecule has 3 heteroatoms. The Kier molecular flexibility index (Phi) is 6.69. The van der Waals surface area contributed by atoms with Crippen molar-refractivity contribution in [3.63, 3.8) is 0 Å². The molecule has 0 aromatic heterocycles. The first-order chi connectivity index (χ1) is 8.58. The van der Waals surface area contributed by atoms with E-state index in [4.69, 9.17) is 5.73 Å². The molecule has 0 bridgehead atoms. The quantitative estimate of drug-likeness (QED) is 0.589. The van der Waals surface area contributed by atoms with Crippen LogP contribution in [0.25, 0.3) is 0 Å². The lowest BCUT2D eigenvalue weighted by Crippen LogP contribution is -2.30. The zero-order valence-corrected chi connectivity index (χ0v) is 12.1. The van der Waals surface area contributed by atoms with E-state index in [9.17, 15) is 4.79 Å². The highest BCUT2D eigenvalue weighted by atomic mass is 16.1. The van der Waals surface area contributed by atoms with E-state index in [2.05, 4.69) is 19.2 Å². The number of carbonyl (C=O) groups excluding carboxylic acids is 1. The Morgan fingerprint density at radius 1 is 1.22 bits per heavy atom. The van der Waals surface area contributed by atoms with E-state index in [1.54, 1.807) is 0 Å². The highest BCUT2D eigenvalue weighted by Crippen LogP contribution is 2.49. The molecule has 1 aliphatic rings. The standard InChI is InChI=1S/C15H30N2O/c1-13(2)11-15(8-9-15)12-17-14(18)7-5-3-4-6-10-16/h13H,3-12,16H2,1-2H3,(H,17,18). The Hall–Kier alpha value is -0.570. The van der Waals surface area contributed by atoms with Gasteiger partial charge in [0.25, 0.3) is 0 Å². The summed E-state index contributed by atoms with van der Waals surface area (Å²) in [7, 11) is 0. The second-order valence-corrected chi connectivity index (χ2v) is 6.33. The number of nitrogens with one attached hydrogen (secondary N) is 1. The van der Waals surface area contributed by atoms with Crippen LogP contribution >= 0.6 is 0 Å². The second-order valence-electron chi connectivity index (χ2n) is 6.33. The highest BCUT2D eigenvalue weighted by Gasteiger charge is 2.42. The third kappa shape index (κ3) is 6.39. The van der Waals surface area contributed by atoms with E-state index >= 15 is 0 Å². The van der Waals surface area contributed by atoms with Gasteiger partial charge in [0, 0.05) is 13.0 Å². The minimum absolute atomic E-state index is 0.234. The lowest BCUT2D eigenvalue weighted by atomic mass is 9.94. The number of rotatable bonds is 10. The Morgan fingerprint density at radius 2 is 1.89 bits per heavy atom. The van der Waals surface area contributed by atoms with Gasteiger partial charge in [0.2, 0.25) is 5.91 Å². The topological polar surface area (TPSA) is 55.1 Å². The van der Waals surface area contributed by atoms with Gasteiger partial charge < -0.3 is 11.1 Å². The summed E-state index contributed by atoms with van der Waals surface area (Å²) in [4.78, 5) is 11.7. The molecule has 0 aliphatic heterocycles. The summed E-state index contributed by atoms with van der Waals surface area (Å²) in [6.07, 6.45) is 8.89. The number of carbonyl (C=O) groups is 1. The van der Waals surface area contributed by atoms with E-state index in [0.29, 0.717) is 11.8 Å². The van der Waals surface area contributed by atoms with E-state index < -0.39 is 0 Å². The summed E-state index contributed by atoms with van der Waals surface area (Å²) in [6.45, 7) is 6.19. The third-order valence-electron chi connectivity index (χ3n) is 3.82. The highest BCUT2D eigenvalue weighted by molar-refractivity contribution is 5.75. The SMILES string of the molecule is CC(C)CC1(CNC(=O)CCCCCCN)CC1. The maximum absolute atomic E-state index is 11.7. The third-order valence-corrected chi connectivity index (χ3v) is 3.82. The normalized spacial score (nSPS) is 16.9. The fourth-order valence-electron chi connectivity index (χ4n) is 2.65. The van der Waals surface area contributed by atoms with Crippen LogP contribution in [0.5, 0.6) is 0 Å². The number of nitrogens with two attached hydrogens (primary N) is 1. The molecule has 1 rings (SSSR count). The zero-order valence-electron chi connectivity index (χ0n) is 12.1. The molecule has 0 unspecified atom stereocenters. The van der Waals surface area contributed by atoms with Gasteiger partial charge in [0.05, 0.1) is 0 Å². The monoisotopic (exact) mass is 254 g/mol. The van der Waals surface area contributed by atoms with Gasteiger partial charge in [0.15, 0.2) is 0 Å². The van der Waals surface area contributed by atoms with Crippen LogP contribution in [0.15, 0.2) is 0 Å². The van der Waals surface area contributed by atoms with Crippen molar-refractivity contribution in [2.75, 3.05) is 13.1 Å². The lowest BCUT2D eigenvalue weighted by molar-refractivity contribution is -0.121. The molecule has 0 heterocycles. The van der Waals surface area contributed by atoms with Gasteiger partial charge in [-0.3, -0.25) is 4.79 Å². The fraction of sp³-hybridized carbons (Fsp3) is 0.933. The van der Waals surface area contributed by atoms with Crippen LogP contribution in [0.3, 0.4) is 0 Å². The zero-order chi connectivity index (χ0) is 13.4. The Labute approximate surface area is 112 Å². The molecule has 3 N–H and O–H groups in total. The van der Waals surface area contributed by atoms with Gasteiger partial charge in [-0.15, -0.1) is 0 Å². The van der Waals surface area contributed by atoms with E-state index in [1.165, 1.54) is 19.3 Å². The summed E-state index contributed by atoms with van der Waals surface area (Å²) in [5.74, 6) is 0.971. The number of unbranched alkanes of at least 4 members (excludes halogenated alkanes) is 3. The van der Waals surface area contributed by atoms with E-state index in [0.717, 1.165) is 44.7 Å². The predicted octanol–water partition coefficient (Wildman–Crippen LogP) is 2.84. The minimum Gasteiger partial charge on any atom is -0.356 e. The van der Waals surface area contributed by atoms with Crippen LogP contribution in [0.2, 0.25) is 0 Å². The lowest BCUT2D eigenvalue weighted by Gasteiger charge is -2.18. The molecule has 0 radical (unpaired) electrons. The molecule has 0 aromatic rings. The van der Waals surface area contributed by atoms with Gasteiger partial charge in [-0.25, -0.2) is 0 Å². The van der Waals surface area contributed by atoms with Crippen molar-refractivity contribution >= 4 is 5.91 Å². The van der Waals surface area contributed by atoms with Crippen LogP contribution < -0.4 is 11.1 Å². The number of amides is 1. The van der Waals surface area contributed by atoms with E-state index in [-0.39, 0.29) is 5.91 Å². The Morgan fingerprint density at radius 3 is 2.44 bits per heavy atom. The van der Waals surface area contributed by atoms with Gasteiger partial charge in [0.1, 0.15) is 0 Å². The summed E-state index contributed by atoms with van der Waals surface area (Å²) >= 11 is 0. The molecule has 106 valence electrons. The predicted molar refractivity (Wildman–Crippen MR) is 76.3 cm³/mol. The van der Waals surface area contributed by atoms with Crippen LogP contribution in [0.1, 0.15) is 65.2 Å². The molecule has 1 amide bonds. The second kappa shape index (κ2) is 7.78. The average molecular weight is 254 g/mol.